The first kappa shape index (κ1) is 16.0. The van der Waals surface area contributed by atoms with Crippen LogP contribution in [0.25, 0.3) is 0 Å². The van der Waals surface area contributed by atoms with Gasteiger partial charge in [0, 0.05) is 12.6 Å². The van der Waals surface area contributed by atoms with E-state index in [2.05, 4.69) is 15.5 Å². The van der Waals surface area contributed by atoms with Crippen molar-refractivity contribution < 1.29 is 9.59 Å². The molecule has 7 heteroatoms. The van der Waals surface area contributed by atoms with Crippen LogP contribution in [0.1, 0.15) is 43.9 Å². The van der Waals surface area contributed by atoms with E-state index in [-0.39, 0.29) is 30.1 Å². The molecular weight excluding hydrogens is 258 g/mol. The Morgan fingerprint density at radius 1 is 1.40 bits per heavy atom. The molecule has 0 aliphatic heterocycles. The van der Waals surface area contributed by atoms with Crippen LogP contribution in [-0.2, 0) is 11.2 Å². The van der Waals surface area contributed by atoms with E-state index >= 15 is 0 Å². The van der Waals surface area contributed by atoms with Gasteiger partial charge < -0.3 is 16.0 Å². The van der Waals surface area contributed by atoms with Gasteiger partial charge in [-0.15, -0.1) is 0 Å². The molecule has 1 rings (SSSR count). The third kappa shape index (κ3) is 3.72. The quantitative estimate of drug-likeness (QED) is 0.708. The summed E-state index contributed by atoms with van der Waals surface area (Å²) in [6, 6.07) is 0.0402. The second kappa shape index (κ2) is 6.93. The maximum absolute atomic E-state index is 12.3. The number of carbonyl (C=O) groups is 2. The summed E-state index contributed by atoms with van der Waals surface area (Å²) >= 11 is 0. The standard InChI is InChI=1S/C13H23N5O2/c1-5-9-11(14)12(17-16-9)13(20)18(6-2)7-10(19)15-8(3)4/h8H,5-7,14H2,1-4H3,(H,15,19)(H,16,17). The molecule has 0 unspecified atom stereocenters. The molecule has 0 radical (unpaired) electrons. The van der Waals surface area contributed by atoms with Crippen LogP contribution in [0.4, 0.5) is 5.69 Å². The second-order valence-corrected chi connectivity index (χ2v) is 4.86. The molecule has 0 atom stereocenters. The molecule has 4 N–H and O–H groups in total. The molecule has 112 valence electrons. The van der Waals surface area contributed by atoms with E-state index in [9.17, 15) is 9.59 Å². The van der Waals surface area contributed by atoms with Gasteiger partial charge in [0.15, 0.2) is 5.69 Å². The first-order valence-corrected chi connectivity index (χ1v) is 6.81. The van der Waals surface area contributed by atoms with E-state index in [0.29, 0.717) is 18.7 Å². The van der Waals surface area contributed by atoms with Crippen molar-refractivity contribution in [2.45, 2.75) is 40.2 Å². The van der Waals surface area contributed by atoms with Gasteiger partial charge in [0.25, 0.3) is 5.91 Å². The fourth-order valence-corrected chi connectivity index (χ4v) is 1.84. The van der Waals surface area contributed by atoms with Crippen LogP contribution in [0.3, 0.4) is 0 Å². The summed E-state index contributed by atoms with van der Waals surface area (Å²) < 4.78 is 0. The van der Waals surface area contributed by atoms with Gasteiger partial charge in [-0.3, -0.25) is 14.7 Å². The van der Waals surface area contributed by atoms with Crippen molar-refractivity contribution in [3.05, 3.63) is 11.4 Å². The van der Waals surface area contributed by atoms with Gasteiger partial charge in [-0.2, -0.15) is 5.10 Å². The molecule has 1 aromatic heterocycles. The predicted molar refractivity (Wildman–Crippen MR) is 77.2 cm³/mol. The molecule has 0 saturated carbocycles. The van der Waals surface area contributed by atoms with Gasteiger partial charge in [0.2, 0.25) is 5.91 Å². The van der Waals surface area contributed by atoms with Gasteiger partial charge >= 0.3 is 0 Å². The van der Waals surface area contributed by atoms with Crippen molar-refractivity contribution in [2.24, 2.45) is 0 Å². The average molecular weight is 281 g/mol. The fraction of sp³-hybridized carbons (Fsp3) is 0.615. The summed E-state index contributed by atoms with van der Waals surface area (Å²) in [5.41, 5.74) is 7.15. The minimum absolute atomic E-state index is 0.00126. The predicted octanol–water partition coefficient (Wildman–Crippen LogP) is 0.541. The zero-order valence-corrected chi connectivity index (χ0v) is 12.5. The molecule has 2 amide bonds. The zero-order valence-electron chi connectivity index (χ0n) is 12.5. The van der Waals surface area contributed by atoms with E-state index in [0.717, 1.165) is 5.69 Å². The molecule has 0 aromatic carbocycles. The lowest BCUT2D eigenvalue weighted by Gasteiger charge is -2.20. The van der Waals surface area contributed by atoms with Gasteiger partial charge in [-0.05, 0) is 27.2 Å². The van der Waals surface area contributed by atoms with Gasteiger partial charge in [-0.25, -0.2) is 0 Å². The molecular formula is C13H23N5O2. The highest BCUT2D eigenvalue weighted by atomic mass is 16.2. The number of nitrogens with one attached hydrogen (secondary N) is 2. The monoisotopic (exact) mass is 281 g/mol. The third-order valence-electron chi connectivity index (χ3n) is 2.89. The van der Waals surface area contributed by atoms with Crippen LogP contribution in [-0.4, -0.2) is 46.0 Å². The minimum atomic E-state index is -0.333. The number of nitrogens with zero attached hydrogens (tertiary/aromatic N) is 2. The van der Waals surface area contributed by atoms with Crippen molar-refractivity contribution >= 4 is 17.5 Å². The molecule has 0 bridgehead atoms. The van der Waals surface area contributed by atoms with E-state index < -0.39 is 0 Å². The van der Waals surface area contributed by atoms with Crippen LogP contribution in [0, 0.1) is 0 Å². The zero-order chi connectivity index (χ0) is 15.3. The lowest BCUT2D eigenvalue weighted by Crippen LogP contribution is -2.42. The second-order valence-electron chi connectivity index (χ2n) is 4.86. The average Bonchev–Trinajstić information content (AvgIpc) is 2.75. The topological polar surface area (TPSA) is 104 Å². The Kier molecular flexibility index (Phi) is 5.54. The molecule has 0 fully saturated rings. The highest BCUT2D eigenvalue weighted by Crippen LogP contribution is 2.16. The number of aromatic nitrogens is 2. The first-order valence-electron chi connectivity index (χ1n) is 6.81. The smallest absolute Gasteiger partial charge is 0.276 e. The number of nitrogen functional groups attached to an aromatic ring is 1. The number of aryl methyl sites for hydroxylation is 1. The number of nitrogens with two attached hydrogens (primary N) is 1. The Balaban J connectivity index is 2.81. The van der Waals surface area contributed by atoms with E-state index in [1.165, 1.54) is 4.90 Å². The summed E-state index contributed by atoms with van der Waals surface area (Å²) in [4.78, 5) is 25.5. The molecule has 1 aromatic rings. The molecule has 7 nitrogen and oxygen atoms in total. The number of amides is 2. The van der Waals surface area contributed by atoms with Crippen LogP contribution in [0.5, 0.6) is 0 Å². The van der Waals surface area contributed by atoms with Crippen molar-refractivity contribution in [1.29, 1.82) is 0 Å². The first-order chi connectivity index (χ1) is 9.40. The van der Waals surface area contributed by atoms with Crippen molar-refractivity contribution in [2.75, 3.05) is 18.8 Å². The van der Waals surface area contributed by atoms with E-state index in [1.54, 1.807) is 0 Å². The Bertz CT molecular complexity index is 481. The lowest BCUT2D eigenvalue weighted by molar-refractivity contribution is -0.122. The Hall–Kier alpha value is -2.05. The number of rotatable bonds is 6. The van der Waals surface area contributed by atoms with E-state index in [4.69, 9.17) is 5.73 Å². The van der Waals surface area contributed by atoms with Crippen molar-refractivity contribution in [3.63, 3.8) is 0 Å². The summed E-state index contributed by atoms with van der Waals surface area (Å²) in [5, 5.41) is 9.45. The highest BCUT2D eigenvalue weighted by molar-refractivity contribution is 5.99. The Morgan fingerprint density at radius 3 is 2.50 bits per heavy atom. The SMILES string of the molecule is CCc1[nH]nc(C(=O)N(CC)CC(=O)NC(C)C)c1N. The number of aromatic amines is 1. The van der Waals surface area contributed by atoms with Gasteiger partial charge in [-0.1, -0.05) is 6.92 Å². The maximum atomic E-state index is 12.3. The molecule has 20 heavy (non-hydrogen) atoms. The third-order valence-corrected chi connectivity index (χ3v) is 2.89. The normalized spacial score (nSPS) is 10.7. The van der Waals surface area contributed by atoms with Crippen molar-refractivity contribution in [3.8, 4) is 0 Å². The van der Waals surface area contributed by atoms with Crippen LogP contribution < -0.4 is 11.1 Å². The van der Waals surface area contributed by atoms with Gasteiger partial charge in [0.1, 0.15) is 0 Å². The Morgan fingerprint density at radius 2 is 2.05 bits per heavy atom. The van der Waals surface area contributed by atoms with Crippen LogP contribution in [0.2, 0.25) is 0 Å². The molecule has 0 saturated heterocycles. The maximum Gasteiger partial charge on any atom is 0.276 e. The van der Waals surface area contributed by atoms with E-state index in [1.807, 2.05) is 27.7 Å². The van der Waals surface area contributed by atoms with Crippen LogP contribution >= 0.6 is 0 Å². The molecule has 0 aliphatic carbocycles. The van der Waals surface area contributed by atoms with Gasteiger partial charge in [0.05, 0.1) is 17.9 Å². The number of hydrogen-bond acceptors (Lipinski definition) is 4. The number of hydrogen-bond donors (Lipinski definition) is 3. The molecule has 0 aliphatic rings. The fourth-order valence-electron chi connectivity index (χ4n) is 1.84. The van der Waals surface area contributed by atoms with Crippen molar-refractivity contribution in [1.82, 2.24) is 20.4 Å². The number of anilines is 1. The molecule has 1 heterocycles. The number of carbonyl (C=O) groups excluding carboxylic acids is 2. The summed E-state index contributed by atoms with van der Waals surface area (Å²) in [6.45, 7) is 7.89. The summed E-state index contributed by atoms with van der Waals surface area (Å²) in [6.07, 6.45) is 0.673. The Labute approximate surface area is 118 Å². The highest BCUT2D eigenvalue weighted by Gasteiger charge is 2.23. The lowest BCUT2D eigenvalue weighted by atomic mass is 10.2. The minimum Gasteiger partial charge on any atom is -0.395 e. The molecule has 0 spiro atoms. The number of H-pyrrole nitrogens is 1. The summed E-state index contributed by atoms with van der Waals surface area (Å²) in [7, 11) is 0. The largest absolute Gasteiger partial charge is 0.395 e. The van der Waals surface area contributed by atoms with Crippen LogP contribution in [0.15, 0.2) is 0 Å². The number of likely N-dealkylation sites (N-methyl/N-ethyl adjacent to an activating group) is 1. The summed E-state index contributed by atoms with van der Waals surface area (Å²) in [5.74, 6) is -0.528.